The summed E-state index contributed by atoms with van der Waals surface area (Å²) in [5.74, 6) is -8.62. The first-order valence-corrected chi connectivity index (χ1v) is 6.85. The van der Waals surface area contributed by atoms with E-state index in [2.05, 4.69) is 9.05 Å². The molecule has 4 N–H and O–H groups in total. The van der Waals surface area contributed by atoms with Gasteiger partial charge < -0.3 is 20.4 Å². The van der Waals surface area contributed by atoms with E-state index >= 15 is 0 Å². The molecule has 2 unspecified atom stereocenters. The van der Waals surface area contributed by atoms with E-state index in [0.717, 1.165) is 0 Å². The molecule has 0 aromatic heterocycles. The summed E-state index contributed by atoms with van der Waals surface area (Å²) in [6.07, 6.45) is -1.51. The van der Waals surface area contributed by atoms with Gasteiger partial charge in [-0.3, -0.25) is 19.2 Å². The Labute approximate surface area is 124 Å². The third-order valence-corrected chi connectivity index (χ3v) is 3.02. The summed E-state index contributed by atoms with van der Waals surface area (Å²) in [5.41, 5.74) is 0. The normalized spacial score (nSPS) is 13.9. The number of hydrogen-bond acceptors (Lipinski definition) is 7. The monoisotopic (exact) mass is 341 g/mol. The molecule has 0 aliphatic carbocycles. The lowest BCUT2D eigenvalue weighted by atomic mass is 10.1. The van der Waals surface area contributed by atoms with Crippen molar-refractivity contribution in [1.29, 1.82) is 0 Å². The van der Waals surface area contributed by atoms with Gasteiger partial charge in [0.15, 0.2) is 0 Å². The van der Waals surface area contributed by atoms with Crippen LogP contribution in [0, 0.1) is 11.8 Å². The van der Waals surface area contributed by atoms with Crippen molar-refractivity contribution in [3.05, 3.63) is 0 Å². The lowest BCUT2D eigenvalue weighted by Gasteiger charge is -2.06. The zero-order valence-corrected chi connectivity index (χ0v) is 12.0. The Hall–Kier alpha value is -2.10. The molecular formula is C10H14O11P+. The van der Waals surface area contributed by atoms with Crippen LogP contribution in [0.4, 0.5) is 0 Å². The Kier molecular flexibility index (Phi) is 8.83. The highest BCUT2D eigenvalue weighted by atomic mass is 31.1. The molecule has 0 fully saturated rings. The van der Waals surface area contributed by atoms with E-state index in [1.165, 1.54) is 0 Å². The highest BCUT2D eigenvalue weighted by Crippen LogP contribution is 2.27. The van der Waals surface area contributed by atoms with E-state index in [1.54, 1.807) is 0 Å². The van der Waals surface area contributed by atoms with Crippen LogP contribution in [-0.4, -0.2) is 57.5 Å². The lowest BCUT2D eigenvalue weighted by molar-refractivity contribution is -0.149. The molecule has 0 amide bonds. The molecule has 0 aromatic rings. The van der Waals surface area contributed by atoms with Crippen molar-refractivity contribution in [2.45, 2.75) is 12.8 Å². The fourth-order valence-corrected chi connectivity index (χ4v) is 1.87. The van der Waals surface area contributed by atoms with Crippen molar-refractivity contribution in [1.82, 2.24) is 0 Å². The minimum absolute atomic E-state index is 0.715. The average Bonchev–Trinajstić information content (AvgIpc) is 2.37. The van der Waals surface area contributed by atoms with Gasteiger partial charge in [0.05, 0.1) is 24.7 Å². The van der Waals surface area contributed by atoms with Crippen LogP contribution in [0.1, 0.15) is 12.8 Å². The Morgan fingerprint density at radius 1 is 0.773 bits per heavy atom. The van der Waals surface area contributed by atoms with E-state index in [1.807, 2.05) is 0 Å². The van der Waals surface area contributed by atoms with Crippen LogP contribution < -0.4 is 0 Å². The Morgan fingerprint density at radius 3 is 1.32 bits per heavy atom. The van der Waals surface area contributed by atoms with E-state index in [4.69, 9.17) is 20.4 Å². The molecule has 0 saturated heterocycles. The zero-order valence-electron chi connectivity index (χ0n) is 11.1. The van der Waals surface area contributed by atoms with Crippen LogP contribution >= 0.6 is 8.25 Å². The highest BCUT2D eigenvalue weighted by molar-refractivity contribution is 7.33. The van der Waals surface area contributed by atoms with Crippen LogP contribution in [0.3, 0.4) is 0 Å². The van der Waals surface area contributed by atoms with Gasteiger partial charge >= 0.3 is 32.1 Å². The van der Waals surface area contributed by atoms with E-state index in [-0.39, 0.29) is 0 Å². The summed E-state index contributed by atoms with van der Waals surface area (Å²) in [7, 11) is -2.91. The van der Waals surface area contributed by atoms with Crippen LogP contribution in [0.25, 0.3) is 0 Å². The molecule has 0 rings (SSSR count). The summed E-state index contributed by atoms with van der Waals surface area (Å²) in [5, 5.41) is 34.4. The maximum atomic E-state index is 11.3. The smallest absolute Gasteiger partial charge is 0.481 e. The fraction of sp³-hybridized carbons (Fsp3) is 0.600. The number of carboxylic acid groups (broad SMARTS) is 4. The molecule has 2 atom stereocenters. The van der Waals surface area contributed by atoms with Crippen molar-refractivity contribution < 1.29 is 53.2 Å². The topological polar surface area (TPSA) is 185 Å². The first kappa shape index (κ1) is 19.9. The summed E-state index contributed by atoms with van der Waals surface area (Å²) in [6, 6.07) is 0. The van der Waals surface area contributed by atoms with Gasteiger partial charge in [-0.15, -0.1) is 9.05 Å². The van der Waals surface area contributed by atoms with Crippen LogP contribution in [0.5, 0.6) is 0 Å². The summed E-state index contributed by atoms with van der Waals surface area (Å²) >= 11 is 0. The fourth-order valence-electron chi connectivity index (χ4n) is 1.20. The Morgan fingerprint density at radius 2 is 1.09 bits per heavy atom. The van der Waals surface area contributed by atoms with Gasteiger partial charge in [0.25, 0.3) is 0 Å². The van der Waals surface area contributed by atoms with Gasteiger partial charge in [-0.25, -0.2) is 0 Å². The predicted molar refractivity (Wildman–Crippen MR) is 66.3 cm³/mol. The first-order valence-electron chi connectivity index (χ1n) is 5.75. The average molecular weight is 341 g/mol. The largest absolute Gasteiger partial charge is 0.697 e. The Bertz CT molecular complexity index is 420. The van der Waals surface area contributed by atoms with Crippen molar-refractivity contribution in [2.24, 2.45) is 11.8 Å². The van der Waals surface area contributed by atoms with E-state index < -0.39 is 70.0 Å². The molecule has 0 radical (unpaired) electrons. The molecular weight excluding hydrogens is 327 g/mol. The summed E-state index contributed by atoms with van der Waals surface area (Å²) in [6.45, 7) is -1.43. The second kappa shape index (κ2) is 9.77. The lowest BCUT2D eigenvalue weighted by Crippen LogP contribution is -2.23. The zero-order chi connectivity index (χ0) is 17.3. The van der Waals surface area contributed by atoms with Crippen LogP contribution in [0.15, 0.2) is 0 Å². The molecule has 0 saturated carbocycles. The molecule has 0 aromatic carbocycles. The molecule has 124 valence electrons. The molecule has 0 aliphatic rings. The number of carbonyl (C=O) groups is 4. The third kappa shape index (κ3) is 8.95. The maximum absolute atomic E-state index is 11.3. The van der Waals surface area contributed by atoms with Crippen molar-refractivity contribution >= 4 is 32.1 Å². The first-order chi connectivity index (χ1) is 10.1. The van der Waals surface area contributed by atoms with Gasteiger partial charge in [-0.2, -0.15) is 0 Å². The highest BCUT2D eigenvalue weighted by Gasteiger charge is 2.31. The van der Waals surface area contributed by atoms with Crippen molar-refractivity contribution in [2.75, 3.05) is 13.2 Å². The molecule has 12 heteroatoms. The molecule has 11 nitrogen and oxygen atoms in total. The van der Waals surface area contributed by atoms with Gasteiger partial charge in [-0.1, -0.05) is 0 Å². The molecule has 0 spiro atoms. The van der Waals surface area contributed by atoms with E-state index in [9.17, 15) is 23.7 Å². The van der Waals surface area contributed by atoms with Gasteiger partial charge in [0, 0.05) is 4.57 Å². The number of rotatable bonds is 12. The predicted octanol–water partition coefficient (Wildman–Crippen LogP) is 0.0280. The minimum Gasteiger partial charge on any atom is -0.481 e. The van der Waals surface area contributed by atoms with Gasteiger partial charge in [0.1, 0.15) is 13.2 Å². The number of hydrogen-bond donors (Lipinski definition) is 4. The quantitative estimate of drug-likeness (QED) is 0.351. The van der Waals surface area contributed by atoms with Crippen LogP contribution in [-0.2, 0) is 32.8 Å². The number of carboxylic acids is 4. The minimum atomic E-state index is -2.91. The van der Waals surface area contributed by atoms with Crippen LogP contribution in [0.2, 0.25) is 0 Å². The Balaban J connectivity index is 4.31. The summed E-state index contributed by atoms with van der Waals surface area (Å²) in [4.78, 5) is 42.2. The third-order valence-electron chi connectivity index (χ3n) is 2.30. The molecule has 0 aliphatic heterocycles. The second-order valence-electron chi connectivity index (χ2n) is 4.08. The SMILES string of the molecule is O=C(O)CC(CO[P+](=O)OCC(CC(=O)O)C(=O)O)C(=O)O. The molecule has 0 heterocycles. The number of aliphatic carboxylic acids is 4. The van der Waals surface area contributed by atoms with Gasteiger partial charge in [-0.05, 0) is 0 Å². The van der Waals surface area contributed by atoms with Gasteiger partial charge in [0.2, 0.25) is 0 Å². The standard InChI is InChI=1S/C10H13O11P/c11-7(12)1-5(9(15)16)3-20-22(19)21-4-6(10(17)18)2-8(13)14/h5-6H,1-4H2,(H3-,11,12,13,14,15,16,17,18)/p+1. The second-order valence-corrected chi connectivity index (χ2v) is 5.04. The van der Waals surface area contributed by atoms with Crippen molar-refractivity contribution in [3.8, 4) is 0 Å². The molecule has 0 bridgehead atoms. The summed E-state index contributed by atoms with van der Waals surface area (Å²) < 4.78 is 20.3. The maximum Gasteiger partial charge on any atom is 0.697 e. The molecule has 22 heavy (non-hydrogen) atoms. The van der Waals surface area contributed by atoms with E-state index in [0.29, 0.717) is 0 Å². The van der Waals surface area contributed by atoms with Crippen molar-refractivity contribution in [3.63, 3.8) is 0 Å².